The molecular weight excluding hydrogens is 421 g/mol. The standard InChI is InChI=1S/C22H28FN3O4S/c1-31(28,29)26(16-20-8-4-5-9-21(20)23)17-22(27)24-14-18-6-2-3-7-19(18)15-25-10-12-30-13-11-25/h2-9H,10-17H2,1H3,(H,24,27). The molecule has 0 aromatic heterocycles. The van der Waals surface area contributed by atoms with Gasteiger partial charge in [0.05, 0.1) is 26.0 Å². The van der Waals surface area contributed by atoms with E-state index in [0.717, 1.165) is 41.3 Å². The van der Waals surface area contributed by atoms with E-state index in [1.807, 2.05) is 24.3 Å². The molecule has 1 N–H and O–H groups in total. The van der Waals surface area contributed by atoms with Crippen LogP contribution in [0.15, 0.2) is 48.5 Å². The molecule has 3 rings (SSSR count). The van der Waals surface area contributed by atoms with Gasteiger partial charge in [0.2, 0.25) is 15.9 Å². The summed E-state index contributed by atoms with van der Waals surface area (Å²) < 4.78 is 44.6. The molecule has 1 amide bonds. The maximum atomic E-state index is 13.9. The summed E-state index contributed by atoms with van der Waals surface area (Å²) in [4.78, 5) is 14.8. The molecule has 1 aliphatic rings. The third-order valence-electron chi connectivity index (χ3n) is 5.19. The maximum Gasteiger partial charge on any atom is 0.235 e. The summed E-state index contributed by atoms with van der Waals surface area (Å²) in [6.45, 7) is 3.62. The molecule has 1 heterocycles. The third-order valence-corrected chi connectivity index (χ3v) is 6.38. The summed E-state index contributed by atoms with van der Waals surface area (Å²) in [6, 6.07) is 13.8. The fourth-order valence-electron chi connectivity index (χ4n) is 3.40. The van der Waals surface area contributed by atoms with Crippen molar-refractivity contribution in [1.29, 1.82) is 0 Å². The molecule has 9 heteroatoms. The minimum absolute atomic E-state index is 0.202. The van der Waals surface area contributed by atoms with E-state index in [1.54, 1.807) is 6.07 Å². The van der Waals surface area contributed by atoms with Crippen molar-refractivity contribution >= 4 is 15.9 Å². The molecule has 2 aromatic rings. The number of hydrogen-bond acceptors (Lipinski definition) is 5. The number of nitrogens with one attached hydrogen (secondary N) is 1. The van der Waals surface area contributed by atoms with Gasteiger partial charge in [0.1, 0.15) is 5.82 Å². The number of ether oxygens (including phenoxy) is 1. The summed E-state index contributed by atoms with van der Waals surface area (Å²) in [5, 5.41) is 2.80. The molecule has 31 heavy (non-hydrogen) atoms. The summed E-state index contributed by atoms with van der Waals surface area (Å²) in [5.41, 5.74) is 2.30. The smallest absolute Gasteiger partial charge is 0.235 e. The molecule has 0 radical (unpaired) electrons. The quantitative estimate of drug-likeness (QED) is 0.631. The molecule has 0 bridgehead atoms. The van der Waals surface area contributed by atoms with Gasteiger partial charge in [-0.25, -0.2) is 12.8 Å². The number of carbonyl (C=O) groups is 1. The van der Waals surface area contributed by atoms with Crippen LogP contribution in [0.3, 0.4) is 0 Å². The second-order valence-electron chi connectivity index (χ2n) is 7.56. The Kier molecular flexibility index (Phi) is 8.14. The van der Waals surface area contributed by atoms with Gasteiger partial charge in [-0.15, -0.1) is 0 Å². The Labute approximate surface area is 182 Å². The Bertz CT molecular complexity index is 994. The zero-order valence-corrected chi connectivity index (χ0v) is 18.4. The van der Waals surface area contributed by atoms with E-state index in [2.05, 4.69) is 10.2 Å². The van der Waals surface area contributed by atoms with Crippen LogP contribution in [-0.4, -0.2) is 62.6 Å². The van der Waals surface area contributed by atoms with Gasteiger partial charge in [-0.2, -0.15) is 4.31 Å². The number of sulfonamides is 1. The van der Waals surface area contributed by atoms with Crippen LogP contribution in [0, 0.1) is 5.82 Å². The van der Waals surface area contributed by atoms with Crippen LogP contribution >= 0.6 is 0 Å². The van der Waals surface area contributed by atoms with Crippen LogP contribution in [0.4, 0.5) is 4.39 Å². The lowest BCUT2D eigenvalue weighted by molar-refractivity contribution is -0.121. The number of benzene rings is 2. The SMILES string of the molecule is CS(=O)(=O)N(CC(=O)NCc1ccccc1CN1CCOCC1)Cc1ccccc1F. The van der Waals surface area contributed by atoms with Gasteiger partial charge in [0.25, 0.3) is 0 Å². The Balaban J connectivity index is 1.61. The number of carbonyl (C=O) groups excluding carboxylic acids is 1. The Morgan fingerprint density at radius 1 is 1.06 bits per heavy atom. The first kappa shape index (κ1) is 23.3. The van der Waals surface area contributed by atoms with Crippen molar-refractivity contribution in [3.8, 4) is 0 Å². The number of morpholine rings is 1. The van der Waals surface area contributed by atoms with Gasteiger partial charge in [-0.1, -0.05) is 42.5 Å². The van der Waals surface area contributed by atoms with Gasteiger partial charge in [0.15, 0.2) is 0 Å². The van der Waals surface area contributed by atoms with Gasteiger partial charge in [0, 0.05) is 38.3 Å². The molecule has 2 aromatic carbocycles. The average Bonchev–Trinajstić information content (AvgIpc) is 2.74. The van der Waals surface area contributed by atoms with Crippen molar-refractivity contribution in [2.75, 3.05) is 39.1 Å². The van der Waals surface area contributed by atoms with Crippen LogP contribution in [-0.2, 0) is 39.2 Å². The lowest BCUT2D eigenvalue weighted by Gasteiger charge is -2.27. The third kappa shape index (κ3) is 7.10. The van der Waals surface area contributed by atoms with Gasteiger partial charge >= 0.3 is 0 Å². The van der Waals surface area contributed by atoms with Crippen LogP contribution in [0.1, 0.15) is 16.7 Å². The Morgan fingerprint density at radius 3 is 2.32 bits per heavy atom. The van der Waals surface area contributed by atoms with Crippen LogP contribution in [0.2, 0.25) is 0 Å². The second-order valence-corrected chi connectivity index (χ2v) is 9.54. The minimum Gasteiger partial charge on any atom is -0.379 e. The number of halogens is 1. The normalized spacial score (nSPS) is 15.2. The largest absolute Gasteiger partial charge is 0.379 e. The van der Waals surface area contributed by atoms with E-state index in [9.17, 15) is 17.6 Å². The van der Waals surface area contributed by atoms with E-state index >= 15 is 0 Å². The lowest BCUT2D eigenvalue weighted by atomic mass is 10.1. The summed E-state index contributed by atoms with van der Waals surface area (Å²) in [5.74, 6) is -0.948. The van der Waals surface area contributed by atoms with E-state index in [-0.39, 0.29) is 25.2 Å². The first-order valence-corrected chi connectivity index (χ1v) is 12.0. The maximum absolute atomic E-state index is 13.9. The molecule has 1 saturated heterocycles. The number of nitrogens with zero attached hydrogens (tertiary/aromatic N) is 2. The summed E-state index contributed by atoms with van der Waals surface area (Å²) in [7, 11) is -3.70. The highest BCUT2D eigenvalue weighted by molar-refractivity contribution is 7.88. The number of hydrogen-bond donors (Lipinski definition) is 1. The van der Waals surface area contributed by atoms with E-state index < -0.39 is 21.7 Å². The van der Waals surface area contributed by atoms with Crippen LogP contribution in [0.5, 0.6) is 0 Å². The van der Waals surface area contributed by atoms with Crippen molar-refractivity contribution in [1.82, 2.24) is 14.5 Å². The first-order valence-electron chi connectivity index (χ1n) is 10.1. The molecule has 1 fully saturated rings. The van der Waals surface area contributed by atoms with Crippen molar-refractivity contribution < 1.29 is 22.3 Å². The molecule has 0 saturated carbocycles. The average molecular weight is 450 g/mol. The topological polar surface area (TPSA) is 79.0 Å². The highest BCUT2D eigenvalue weighted by Crippen LogP contribution is 2.14. The molecule has 0 unspecified atom stereocenters. The van der Waals surface area contributed by atoms with Crippen molar-refractivity contribution in [3.63, 3.8) is 0 Å². The minimum atomic E-state index is -3.70. The fraction of sp³-hybridized carbons (Fsp3) is 0.409. The molecule has 1 aliphatic heterocycles. The predicted octanol–water partition coefficient (Wildman–Crippen LogP) is 1.74. The van der Waals surface area contributed by atoms with E-state index in [1.165, 1.54) is 18.2 Å². The Morgan fingerprint density at radius 2 is 1.68 bits per heavy atom. The first-order chi connectivity index (χ1) is 14.8. The van der Waals surface area contributed by atoms with Gasteiger partial charge < -0.3 is 10.1 Å². The van der Waals surface area contributed by atoms with Gasteiger partial charge in [-0.05, 0) is 17.2 Å². The highest BCUT2D eigenvalue weighted by atomic mass is 32.2. The monoisotopic (exact) mass is 449 g/mol. The molecule has 0 aliphatic carbocycles. The van der Waals surface area contributed by atoms with Crippen LogP contribution < -0.4 is 5.32 Å². The number of amides is 1. The molecule has 0 spiro atoms. The fourth-order valence-corrected chi connectivity index (χ4v) is 4.13. The molecular formula is C22H28FN3O4S. The van der Waals surface area contributed by atoms with E-state index in [4.69, 9.17) is 4.74 Å². The number of rotatable bonds is 9. The predicted molar refractivity (Wildman–Crippen MR) is 116 cm³/mol. The molecule has 168 valence electrons. The zero-order chi connectivity index (χ0) is 22.3. The van der Waals surface area contributed by atoms with Crippen molar-refractivity contribution in [2.24, 2.45) is 0 Å². The van der Waals surface area contributed by atoms with Gasteiger partial charge in [-0.3, -0.25) is 9.69 Å². The second kappa shape index (κ2) is 10.8. The molecule has 0 atom stereocenters. The lowest BCUT2D eigenvalue weighted by Crippen LogP contribution is -2.40. The Hall–Kier alpha value is -2.33. The van der Waals surface area contributed by atoms with Crippen molar-refractivity contribution in [2.45, 2.75) is 19.6 Å². The zero-order valence-electron chi connectivity index (χ0n) is 17.6. The summed E-state index contributed by atoms with van der Waals surface area (Å²) >= 11 is 0. The van der Waals surface area contributed by atoms with Crippen LogP contribution in [0.25, 0.3) is 0 Å². The van der Waals surface area contributed by atoms with Crippen molar-refractivity contribution in [3.05, 3.63) is 71.0 Å². The van der Waals surface area contributed by atoms with E-state index in [0.29, 0.717) is 13.2 Å². The molecule has 7 nitrogen and oxygen atoms in total. The highest BCUT2D eigenvalue weighted by Gasteiger charge is 2.22. The summed E-state index contributed by atoms with van der Waals surface area (Å²) in [6.07, 6.45) is 1.01.